The topological polar surface area (TPSA) is 81.7 Å². The Morgan fingerprint density at radius 3 is 2.12 bits per heavy atom. The van der Waals surface area contributed by atoms with Crippen LogP contribution in [-0.2, 0) is 14.3 Å². The highest BCUT2D eigenvalue weighted by molar-refractivity contribution is 5.96. The van der Waals surface area contributed by atoms with Crippen LogP contribution in [0.5, 0.6) is 0 Å². The molecule has 2 aromatic carbocycles. The van der Waals surface area contributed by atoms with Gasteiger partial charge in [0, 0.05) is 0 Å². The van der Waals surface area contributed by atoms with Gasteiger partial charge in [-0.3, -0.25) is 4.79 Å². The molecule has 0 saturated carbocycles. The number of methoxy groups -OCH3 is 1. The molecule has 2 rings (SSSR count). The van der Waals surface area contributed by atoms with Crippen molar-refractivity contribution >= 4 is 23.5 Å². The molecule has 0 aliphatic heterocycles. The minimum atomic E-state index is -0.741. The number of hydrogen-bond acceptors (Lipinski definition) is 5. The van der Waals surface area contributed by atoms with Crippen molar-refractivity contribution in [2.24, 2.45) is 0 Å². The summed E-state index contributed by atoms with van der Waals surface area (Å²) in [5.41, 5.74) is 0.452. The highest BCUT2D eigenvalue weighted by Crippen LogP contribution is 2.12. The molecular weight excluding hydrogens is 317 g/mol. The minimum Gasteiger partial charge on any atom is -0.465 e. The summed E-state index contributed by atoms with van der Waals surface area (Å²) in [6, 6.07) is 11.2. The van der Waals surface area contributed by atoms with Gasteiger partial charge < -0.3 is 14.8 Å². The molecule has 0 radical (unpaired) electrons. The number of hydrogen-bond donors (Lipinski definition) is 1. The second-order valence-corrected chi connectivity index (χ2v) is 4.67. The summed E-state index contributed by atoms with van der Waals surface area (Å²) in [6.07, 6.45) is 0. The Labute approximate surface area is 137 Å². The standard InChI is InChI=1S/C17H14FNO5/c1-23-16(21)11-6-8-12(9-7-11)17(22)24-10-15(20)19-14-5-3-2-4-13(14)18/h2-9H,10H2,1H3,(H,19,20). The zero-order valence-corrected chi connectivity index (χ0v) is 12.7. The van der Waals surface area contributed by atoms with E-state index in [4.69, 9.17) is 4.74 Å². The van der Waals surface area contributed by atoms with Crippen molar-refractivity contribution in [3.63, 3.8) is 0 Å². The molecule has 2 aromatic rings. The highest BCUT2D eigenvalue weighted by Gasteiger charge is 2.13. The van der Waals surface area contributed by atoms with Crippen LogP contribution in [0.25, 0.3) is 0 Å². The van der Waals surface area contributed by atoms with Crippen molar-refractivity contribution in [3.05, 3.63) is 65.5 Å². The molecular formula is C17H14FNO5. The van der Waals surface area contributed by atoms with Gasteiger partial charge in [0.05, 0.1) is 23.9 Å². The van der Waals surface area contributed by atoms with E-state index in [1.807, 2.05) is 0 Å². The molecule has 6 nitrogen and oxygen atoms in total. The molecule has 0 bridgehead atoms. The summed E-state index contributed by atoms with van der Waals surface area (Å²) in [5.74, 6) is -2.52. The lowest BCUT2D eigenvalue weighted by Crippen LogP contribution is -2.21. The zero-order valence-electron chi connectivity index (χ0n) is 12.7. The van der Waals surface area contributed by atoms with Gasteiger partial charge in [-0.25, -0.2) is 14.0 Å². The Balaban J connectivity index is 1.89. The number of benzene rings is 2. The second kappa shape index (κ2) is 7.87. The maximum atomic E-state index is 13.4. The summed E-state index contributed by atoms with van der Waals surface area (Å²) in [4.78, 5) is 34.8. The first-order chi connectivity index (χ1) is 11.5. The van der Waals surface area contributed by atoms with Crippen molar-refractivity contribution < 1.29 is 28.2 Å². The van der Waals surface area contributed by atoms with Crippen LogP contribution in [0.2, 0.25) is 0 Å². The van der Waals surface area contributed by atoms with Gasteiger partial charge in [-0.05, 0) is 36.4 Å². The molecule has 0 spiro atoms. The molecule has 0 fully saturated rings. The van der Waals surface area contributed by atoms with Gasteiger partial charge in [-0.1, -0.05) is 12.1 Å². The van der Waals surface area contributed by atoms with Crippen LogP contribution < -0.4 is 5.32 Å². The quantitative estimate of drug-likeness (QED) is 0.851. The van der Waals surface area contributed by atoms with Crippen molar-refractivity contribution in [2.75, 3.05) is 19.0 Å². The fourth-order valence-electron chi connectivity index (χ4n) is 1.82. The van der Waals surface area contributed by atoms with Gasteiger partial charge in [0.25, 0.3) is 5.91 Å². The van der Waals surface area contributed by atoms with Crippen LogP contribution in [0.3, 0.4) is 0 Å². The van der Waals surface area contributed by atoms with Crippen molar-refractivity contribution in [1.82, 2.24) is 0 Å². The van der Waals surface area contributed by atoms with Crippen LogP contribution in [0, 0.1) is 5.82 Å². The molecule has 124 valence electrons. The molecule has 24 heavy (non-hydrogen) atoms. The first kappa shape index (κ1) is 17.1. The van der Waals surface area contributed by atoms with E-state index >= 15 is 0 Å². The lowest BCUT2D eigenvalue weighted by molar-refractivity contribution is -0.119. The Bertz CT molecular complexity index is 758. The maximum Gasteiger partial charge on any atom is 0.338 e. The van der Waals surface area contributed by atoms with E-state index in [1.54, 1.807) is 6.07 Å². The first-order valence-corrected chi connectivity index (χ1v) is 6.91. The number of esters is 2. The number of rotatable bonds is 5. The van der Waals surface area contributed by atoms with Crippen LogP contribution in [0.4, 0.5) is 10.1 Å². The average molecular weight is 331 g/mol. The lowest BCUT2D eigenvalue weighted by atomic mass is 10.1. The Morgan fingerprint density at radius 1 is 0.958 bits per heavy atom. The maximum absolute atomic E-state index is 13.4. The molecule has 0 aliphatic carbocycles. The summed E-state index contributed by atoms with van der Waals surface area (Å²) in [5, 5.41) is 2.30. The van der Waals surface area contributed by atoms with E-state index in [9.17, 15) is 18.8 Å². The third-order valence-electron chi connectivity index (χ3n) is 3.02. The van der Waals surface area contributed by atoms with Crippen molar-refractivity contribution in [2.45, 2.75) is 0 Å². The first-order valence-electron chi connectivity index (χ1n) is 6.91. The van der Waals surface area contributed by atoms with Gasteiger partial charge in [-0.15, -0.1) is 0 Å². The smallest absolute Gasteiger partial charge is 0.338 e. The molecule has 0 aliphatic rings. The molecule has 0 unspecified atom stereocenters. The van der Waals surface area contributed by atoms with Crippen LogP contribution in [0.1, 0.15) is 20.7 Å². The summed E-state index contributed by atoms with van der Waals surface area (Å²) < 4.78 is 22.8. The van der Waals surface area contributed by atoms with Crippen molar-refractivity contribution in [3.8, 4) is 0 Å². The van der Waals surface area contributed by atoms with E-state index < -0.39 is 30.3 Å². The number of amides is 1. The van der Waals surface area contributed by atoms with E-state index in [0.29, 0.717) is 0 Å². The van der Waals surface area contributed by atoms with Gasteiger partial charge in [-0.2, -0.15) is 0 Å². The molecule has 0 saturated heterocycles. The monoisotopic (exact) mass is 331 g/mol. The summed E-state index contributed by atoms with van der Waals surface area (Å²) in [7, 11) is 1.25. The predicted molar refractivity (Wildman–Crippen MR) is 83.1 cm³/mol. The average Bonchev–Trinajstić information content (AvgIpc) is 2.61. The number of ether oxygens (including phenoxy) is 2. The molecule has 7 heteroatoms. The normalized spacial score (nSPS) is 9.92. The van der Waals surface area contributed by atoms with E-state index in [1.165, 1.54) is 49.6 Å². The van der Waals surface area contributed by atoms with Crippen LogP contribution in [0.15, 0.2) is 48.5 Å². The molecule has 1 amide bonds. The predicted octanol–water partition coefficient (Wildman–Crippen LogP) is 2.41. The number of nitrogens with one attached hydrogen (secondary N) is 1. The second-order valence-electron chi connectivity index (χ2n) is 4.67. The molecule has 1 N–H and O–H groups in total. The van der Waals surface area contributed by atoms with Gasteiger partial charge in [0.15, 0.2) is 6.61 Å². The highest BCUT2D eigenvalue weighted by atomic mass is 19.1. The van der Waals surface area contributed by atoms with Gasteiger partial charge in [0.2, 0.25) is 0 Å². The van der Waals surface area contributed by atoms with E-state index in [-0.39, 0.29) is 16.8 Å². The third-order valence-corrected chi connectivity index (χ3v) is 3.02. The number of carbonyl (C=O) groups is 3. The number of para-hydroxylation sites is 1. The van der Waals surface area contributed by atoms with Crippen LogP contribution in [-0.4, -0.2) is 31.6 Å². The Morgan fingerprint density at radius 2 is 1.54 bits per heavy atom. The molecule has 0 atom stereocenters. The number of anilines is 1. The summed E-state index contributed by atoms with van der Waals surface area (Å²) in [6.45, 7) is -0.564. The zero-order chi connectivity index (χ0) is 17.5. The lowest BCUT2D eigenvalue weighted by Gasteiger charge is -2.07. The van der Waals surface area contributed by atoms with E-state index in [0.717, 1.165) is 0 Å². The number of carbonyl (C=O) groups excluding carboxylic acids is 3. The van der Waals surface area contributed by atoms with Gasteiger partial charge >= 0.3 is 11.9 Å². The van der Waals surface area contributed by atoms with Crippen molar-refractivity contribution in [1.29, 1.82) is 0 Å². The molecule has 0 aromatic heterocycles. The van der Waals surface area contributed by atoms with Gasteiger partial charge in [0.1, 0.15) is 5.82 Å². The number of halogens is 1. The minimum absolute atomic E-state index is 0.000907. The Hall–Kier alpha value is -3.22. The third kappa shape index (κ3) is 4.39. The fraction of sp³-hybridized carbons (Fsp3) is 0.118. The summed E-state index contributed by atoms with van der Waals surface area (Å²) >= 11 is 0. The van der Waals surface area contributed by atoms with Crippen LogP contribution >= 0.6 is 0 Å². The molecule has 0 heterocycles. The largest absolute Gasteiger partial charge is 0.465 e. The van der Waals surface area contributed by atoms with E-state index in [2.05, 4.69) is 10.1 Å². The Kier molecular flexibility index (Phi) is 5.62. The SMILES string of the molecule is COC(=O)c1ccc(C(=O)OCC(=O)Nc2ccccc2F)cc1. The fourth-order valence-corrected chi connectivity index (χ4v) is 1.82.